The molecule has 0 aromatic heterocycles. The van der Waals surface area contributed by atoms with Crippen LogP contribution >= 0.6 is 0 Å². The van der Waals surface area contributed by atoms with Crippen molar-refractivity contribution < 1.29 is 40.3 Å². The van der Waals surface area contributed by atoms with Gasteiger partial charge in [0.05, 0.1) is 0 Å². The highest BCUT2D eigenvalue weighted by atomic mass is 19.3. The molecule has 3 nitrogen and oxygen atoms in total. The van der Waals surface area contributed by atoms with Gasteiger partial charge in [0.2, 0.25) is 0 Å². The Labute approximate surface area is 81.5 Å². The first-order chi connectivity index (χ1) is 6.88. The normalized spacial score (nSPS) is 15.8. The fourth-order valence-electron chi connectivity index (χ4n) is 0.474. The maximum atomic E-state index is 12.2. The van der Waals surface area contributed by atoms with Gasteiger partial charge in [0.25, 0.3) is 25.6 Å². The summed E-state index contributed by atoms with van der Waals surface area (Å²) in [5, 5.41) is 0. The summed E-state index contributed by atoms with van der Waals surface area (Å²) in [4.78, 5) is 0. The molecule has 90 valence electrons. The molecular formula is C5H7BF6O3. The smallest absolute Gasteiger partial charge is 0.389 e. The minimum absolute atomic E-state index is 0.779. The average Bonchev–Trinajstić information content (AvgIpc) is 2.15. The molecule has 0 aromatic rings. The van der Waals surface area contributed by atoms with Crippen LogP contribution in [0, 0.1) is 0 Å². The quantitative estimate of drug-likeness (QED) is 0.501. The van der Waals surface area contributed by atoms with Gasteiger partial charge >= 0.3 is 7.32 Å². The summed E-state index contributed by atoms with van der Waals surface area (Å²) in [5.41, 5.74) is 0. The van der Waals surface area contributed by atoms with Crippen molar-refractivity contribution >= 4 is 7.32 Å². The van der Waals surface area contributed by atoms with Crippen LogP contribution in [-0.4, -0.2) is 40.0 Å². The van der Waals surface area contributed by atoms with Gasteiger partial charge in [0.15, 0.2) is 0 Å². The summed E-state index contributed by atoms with van der Waals surface area (Å²) in [6.45, 7) is 0. The van der Waals surface area contributed by atoms with Crippen molar-refractivity contribution in [3.8, 4) is 0 Å². The Balaban J connectivity index is 4.03. The Bertz CT molecular complexity index is 157. The van der Waals surface area contributed by atoms with E-state index in [1.54, 1.807) is 0 Å². The minimum Gasteiger partial charge on any atom is -0.389 e. The van der Waals surface area contributed by atoms with Crippen molar-refractivity contribution in [2.75, 3.05) is 7.11 Å². The van der Waals surface area contributed by atoms with Gasteiger partial charge in [-0.15, -0.1) is 0 Å². The second kappa shape index (κ2) is 6.91. The summed E-state index contributed by atoms with van der Waals surface area (Å²) in [7, 11) is -1.49. The van der Waals surface area contributed by atoms with Crippen LogP contribution in [0.2, 0.25) is 0 Å². The second-order valence-corrected chi connectivity index (χ2v) is 2.17. The summed E-state index contributed by atoms with van der Waals surface area (Å²) < 4.78 is 81.9. The monoisotopic (exact) mass is 240 g/mol. The zero-order valence-electron chi connectivity index (χ0n) is 7.38. The molecule has 0 aliphatic heterocycles. The molecule has 15 heavy (non-hydrogen) atoms. The fraction of sp³-hybridized carbons (Fsp3) is 1.00. The third kappa shape index (κ3) is 5.85. The van der Waals surface area contributed by atoms with Crippen molar-refractivity contribution in [2.45, 2.75) is 25.6 Å². The molecule has 0 N–H and O–H groups in total. The molecule has 2 atom stereocenters. The molecule has 0 heterocycles. The van der Waals surface area contributed by atoms with E-state index in [0.29, 0.717) is 0 Å². The van der Waals surface area contributed by atoms with Gasteiger partial charge in [0.1, 0.15) is 0 Å². The number of rotatable bonds is 7. The minimum atomic E-state index is -3.52. The first kappa shape index (κ1) is 14.5. The van der Waals surface area contributed by atoms with E-state index in [4.69, 9.17) is 0 Å². The molecule has 2 unspecified atom stereocenters. The van der Waals surface area contributed by atoms with Crippen molar-refractivity contribution in [3.63, 3.8) is 0 Å². The van der Waals surface area contributed by atoms with Crippen molar-refractivity contribution in [1.82, 2.24) is 0 Å². The zero-order valence-corrected chi connectivity index (χ0v) is 7.38. The molecule has 0 saturated carbocycles. The molecule has 0 amide bonds. The van der Waals surface area contributed by atoms with Crippen LogP contribution in [0.15, 0.2) is 0 Å². The van der Waals surface area contributed by atoms with E-state index in [2.05, 4.69) is 14.0 Å². The molecule has 0 aromatic carbocycles. The standard InChI is InChI=1S/C5H7BF6O3/c1-13-6(14-4(11)2(7)8)15-5(12)3(9)10/h2-5H,1H3. The van der Waals surface area contributed by atoms with Crippen molar-refractivity contribution in [2.24, 2.45) is 0 Å². The molecule has 0 bridgehead atoms. The van der Waals surface area contributed by atoms with Crippen molar-refractivity contribution in [3.05, 3.63) is 0 Å². The molecule has 0 radical (unpaired) electrons. The number of hydrogen-bond donors (Lipinski definition) is 0. The van der Waals surface area contributed by atoms with Crippen molar-refractivity contribution in [1.29, 1.82) is 0 Å². The fourth-order valence-corrected chi connectivity index (χ4v) is 0.474. The zero-order chi connectivity index (χ0) is 12.0. The van der Waals surface area contributed by atoms with Gasteiger partial charge in [-0.05, 0) is 0 Å². The molecule has 0 aliphatic carbocycles. The first-order valence-corrected chi connectivity index (χ1v) is 3.56. The second-order valence-electron chi connectivity index (χ2n) is 2.17. The number of alkyl halides is 6. The lowest BCUT2D eigenvalue weighted by molar-refractivity contribution is -0.131. The third-order valence-corrected chi connectivity index (χ3v) is 1.07. The Morgan fingerprint density at radius 1 is 0.800 bits per heavy atom. The van der Waals surface area contributed by atoms with Crippen LogP contribution in [0.1, 0.15) is 0 Å². The van der Waals surface area contributed by atoms with E-state index < -0.39 is 32.9 Å². The predicted octanol–water partition coefficient (Wildman–Crippen LogP) is 1.77. The Hall–Kier alpha value is -0.475. The lowest BCUT2D eigenvalue weighted by Gasteiger charge is -2.16. The predicted molar refractivity (Wildman–Crippen MR) is 36.7 cm³/mol. The molecule has 0 aliphatic rings. The van der Waals surface area contributed by atoms with Gasteiger partial charge in [-0.1, -0.05) is 0 Å². The van der Waals surface area contributed by atoms with Crippen LogP contribution in [0.3, 0.4) is 0 Å². The molecular weight excluding hydrogens is 233 g/mol. The van der Waals surface area contributed by atoms with Gasteiger partial charge in [0, 0.05) is 7.11 Å². The van der Waals surface area contributed by atoms with Crippen LogP contribution in [0.4, 0.5) is 26.3 Å². The summed E-state index contributed by atoms with van der Waals surface area (Å²) >= 11 is 0. The summed E-state index contributed by atoms with van der Waals surface area (Å²) in [5.74, 6) is 0. The van der Waals surface area contributed by atoms with Gasteiger partial charge in [-0.25, -0.2) is 26.3 Å². The molecule has 0 spiro atoms. The van der Waals surface area contributed by atoms with E-state index in [-0.39, 0.29) is 0 Å². The lowest BCUT2D eigenvalue weighted by atomic mass is 10.2. The van der Waals surface area contributed by atoms with Gasteiger partial charge < -0.3 is 14.0 Å². The average molecular weight is 240 g/mol. The third-order valence-electron chi connectivity index (χ3n) is 1.07. The van der Waals surface area contributed by atoms with E-state index in [1.807, 2.05) is 0 Å². The summed E-state index contributed by atoms with van der Waals surface area (Å²) in [6, 6.07) is 0. The number of halogens is 6. The van der Waals surface area contributed by atoms with Crippen LogP contribution < -0.4 is 0 Å². The van der Waals surface area contributed by atoms with E-state index >= 15 is 0 Å². The highest BCUT2D eigenvalue weighted by Crippen LogP contribution is 2.13. The topological polar surface area (TPSA) is 27.7 Å². The van der Waals surface area contributed by atoms with Gasteiger partial charge in [-0.3, -0.25) is 0 Å². The lowest BCUT2D eigenvalue weighted by Crippen LogP contribution is -2.36. The van der Waals surface area contributed by atoms with E-state index in [1.165, 1.54) is 0 Å². The summed E-state index contributed by atoms with van der Waals surface area (Å²) in [6.07, 6.45) is -13.3. The number of hydrogen-bond acceptors (Lipinski definition) is 3. The first-order valence-electron chi connectivity index (χ1n) is 3.56. The highest BCUT2D eigenvalue weighted by Gasteiger charge is 2.35. The van der Waals surface area contributed by atoms with Crippen LogP contribution in [0.5, 0.6) is 0 Å². The van der Waals surface area contributed by atoms with Crippen LogP contribution in [-0.2, 0) is 14.0 Å². The molecule has 0 rings (SSSR count). The van der Waals surface area contributed by atoms with E-state index in [9.17, 15) is 26.3 Å². The Morgan fingerprint density at radius 2 is 1.13 bits per heavy atom. The highest BCUT2D eigenvalue weighted by molar-refractivity contribution is 6.36. The van der Waals surface area contributed by atoms with Crippen LogP contribution in [0.25, 0.3) is 0 Å². The largest absolute Gasteiger partial charge is 0.643 e. The SMILES string of the molecule is COB(OC(F)C(F)F)OC(F)C(F)F. The maximum Gasteiger partial charge on any atom is 0.643 e. The Kier molecular flexibility index (Phi) is 6.69. The molecule has 0 saturated heterocycles. The maximum absolute atomic E-state index is 12.2. The molecule has 0 fully saturated rings. The van der Waals surface area contributed by atoms with E-state index in [0.717, 1.165) is 7.11 Å². The van der Waals surface area contributed by atoms with Gasteiger partial charge in [-0.2, -0.15) is 0 Å². The molecule has 10 heteroatoms. The Morgan fingerprint density at radius 3 is 1.33 bits per heavy atom.